The molecule has 1 aliphatic heterocycles. The third kappa shape index (κ3) is 2.24. The van der Waals surface area contributed by atoms with Crippen molar-refractivity contribution in [1.82, 2.24) is 0 Å². The second kappa shape index (κ2) is 5.07. The number of hydrogen-bond acceptors (Lipinski definition) is 1. The van der Waals surface area contributed by atoms with Crippen molar-refractivity contribution in [1.29, 1.82) is 0 Å². The largest absolute Gasteiger partial charge is 0.311 e. The second-order valence-electron chi connectivity index (χ2n) is 6.71. The Balaban J connectivity index is 1.91. The molecule has 1 saturated carbocycles. The molecule has 1 aliphatic carbocycles. The van der Waals surface area contributed by atoms with Gasteiger partial charge < -0.3 is 4.90 Å². The lowest BCUT2D eigenvalue weighted by atomic mass is 9.86. The summed E-state index contributed by atoms with van der Waals surface area (Å²) in [5, 5.41) is 0.711. The van der Waals surface area contributed by atoms with Crippen LogP contribution in [0.25, 0.3) is 0 Å². The van der Waals surface area contributed by atoms with Crippen LogP contribution in [0, 0.1) is 5.92 Å². The molecule has 0 unspecified atom stereocenters. The number of carbonyl (C=O) groups excluding carboxylic acids is 1. The van der Waals surface area contributed by atoms with Gasteiger partial charge in [0.15, 0.2) is 0 Å². The van der Waals surface area contributed by atoms with Gasteiger partial charge in [-0.1, -0.05) is 36.9 Å². The summed E-state index contributed by atoms with van der Waals surface area (Å²) in [6, 6.07) is 5.85. The van der Waals surface area contributed by atoms with Gasteiger partial charge in [0.1, 0.15) is 0 Å². The fourth-order valence-electron chi connectivity index (χ4n) is 3.63. The van der Waals surface area contributed by atoms with Crippen molar-refractivity contribution in [3.05, 3.63) is 28.8 Å². The molecule has 3 heteroatoms. The van der Waals surface area contributed by atoms with E-state index in [0.717, 1.165) is 17.8 Å². The monoisotopic (exact) mass is 291 g/mol. The third-order valence-corrected chi connectivity index (χ3v) is 5.10. The van der Waals surface area contributed by atoms with Gasteiger partial charge in [0, 0.05) is 17.3 Å². The zero-order chi connectivity index (χ0) is 14.3. The molecule has 1 heterocycles. The lowest BCUT2D eigenvalue weighted by molar-refractivity contribution is -0.122. The summed E-state index contributed by atoms with van der Waals surface area (Å²) in [6.07, 6.45) is 6.45. The summed E-state index contributed by atoms with van der Waals surface area (Å²) in [4.78, 5) is 14.7. The van der Waals surface area contributed by atoms with Crippen LogP contribution >= 0.6 is 11.6 Å². The van der Waals surface area contributed by atoms with Gasteiger partial charge >= 0.3 is 0 Å². The predicted molar refractivity (Wildman–Crippen MR) is 83.4 cm³/mol. The zero-order valence-corrected chi connectivity index (χ0v) is 13.0. The topological polar surface area (TPSA) is 20.3 Å². The Morgan fingerprint density at radius 2 is 1.95 bits per heavy atom. The van der Waals surface area contributed by atoms with Crippen molar-refractivity contribution in [2.45, 2.75) is 51.4 Å². The van der Waals surface area contributed by atoms with Crippen molar-refractivity contribution in [2.24, 2.45) is 5.92 Å². The summed E-state index contributed by atoms with van der Waals surface area (Å²) in [5.41, 5.74) is 1.72. The molecular formula is C17H22ClNO. The zero-order valence-electron chi connectivity index (χ0n) is 12.3. The van der Waals surface area contributed by atoms with Crippen LogP contribution in [0.4, 0.5) is 5.69 Å². The first-order valence-corrected chi connectivity index (χ1v) is 8.00. The third-order valence-electron chi connectivity index (χ3n) is 4.87. The van der Waals surface area contributed by atoms with E-state index in [0.29, 0.717) is 10.9 Å². The maximum atomic E-state index is 12.8. The maximum absolute atomic E-state index is 12.8. The van der Waals surface area contributed by atoms with Gasteiger partial charge in [-0.05, 0) is 50.3 Å². The van der Waals surface area contributed by atoms with Crippen LogP contribution in [0.5, 0.6) is 0 Å². The Labute approximate surface area is 126 Å². The van der Waals surface area contributed by atoms with Gasteiger partial charge in [-0.15, -0.1) is 0 Å². The molecule has 0 saturated heterocycles. The minimum Gasteiger partial charge on any atom is -0.311 e. The smallest absolute Gasteiger partial charge is 0.237 e. The number of benzene rings is 1. The number of fused-ring (bicyclic) bond motifs is 1. The van der Waals surface area contributed by atoms with Crippen LogP contribution in [0.2, 0.25) is 5.02 Å². The lowest BCUT2D eigenvalue weighted by Gasteiger charge is -2.28. The summed E-state index contributed by atoms with van der Waals surface area (Å²) in [6.45, 7) is 4.89. The molecule has 1 amide bonds. The van der Waals surface area contributed by atoms with E-state index >= 15 is 0 Å². The number of rotatable bonds is 2. The van der Waals surface area contributed by atoms with Crippen molar-refractivity contribution >= 4 is 23.2 Å². The summed E-state index contributed by atoms with van der Waals surface area (Å²) in [7, 11) is 0. The fraction of sp³-hybridized carbons (Fsp3) is 0.588. The Morgan fingerprint density at radius 3 is 2.65 bits per heavy atom. The first-order chi connectivity index (χ1) is 9.50. The van der Waals surface area contributed by atoms with E-state index in [1.807, 2.05) is 36.9 Å². The molecular weight excluding hydrogens is 270 g/mol. The Kier molecular flexibility index (Phi) is 3.53. The molecule has 108 valence electrons. The SMILES string of the molecule is CC1(C)C(=O)N(CC2CCCCC2)c2cc(Cl)ccc21. The van der Waals surface area contributed by atoms with Gasteiger partial charge in [-0.2, -0.15) is 0 Å². The lowest BCUT2D eigenvalue weighted by Crippen LogP contribution is -2.39. The van der Waals surface area contributed by atoms with Gasteiger partial charge in [-0.25, -0.2) is 0 Å². The Bertz CT molecular complexity index is 532. The molecule has 0 radical (unpaired) electrons. The van der Waals surface area contributed by atoms with Crippen LogP contribution in [0.15, 0.2) is 18.2 Å². The van der Waals surface area contributed by atoms with Crippen molar-refractivity contribution in [3.8, 4) is 0 Å². The quantitative estimate of drug-likeness (QED) is 0.783. The van der Waals surface area contributed by atoms with E-state index in [1.165, 1.54) is 32.1 Å². The summed E-state index contributed by atoms with van der Waals surface area (Å²) in [5.74, 6) is 0.869. The number of nitrogens with zero attached hydrogens (tertiary/aromatic N) is 1. The molecule has 0 atom stereocenters. The number of halogens is 1. The molecule has 1 fully saturated rings. The highest BCUT2D eigenvalue weighted by Gasteiger charge is 2.44. The molecule has 0 N–H and O–H groups in total. The number of hydrogen-bond donors (Lipinski definition) is 0. The standard InChI is InChI=1S/C17H22ClNO/c1-17(2)14-9-8-13(18)10-15(14)19(16(17)20)11-12-6-4-3-5-7-12/h8-10,12H,3-7,11H2,1-2H3. The van der Waals surface area contributed by atoms with E-state index in [9.17, 15) is 4.79 Å². The van der Waals surface area contributed by atoms with E-state index in [-0.39, 0.29) is 5.91 Å². The first-order valence-electron chi connectivity index (χ1n) is 7.62. The highest BCUT2D eigenvalue weighted by atomic mass is 35.5. The molecule has 0 aromatic heterocycles. The average Bonchev–Trinajstić information content (AvgIpc) is 2.61. The van der Waals surface area contributed by atoms with Crippen LogP contribution < -0.4 is 4.90 Å². The average molecular weight is 292 g/mol. The molecule has 1 aromatic carbocycles. The highest BCUT2D eigenvalue weighted by Crippen LogP contribution is 2.43. The van der Waals surface area contributed by atoms with E-state index < -0.39 is 5.41 Å². The Hall–Kier alpha value is -1.02. The molecule has 2 aliphatic rings. The fourth-order valence-corrected chi connectivity index (χ4v) is 3.79. The minimum absolute atomic E-state index is 0.223. The molecule has 2 nitrogen and oxygen atoms in total. The van der Waals surface area contributed by atoms with Gasteiger partial charge in [0.05, 0.1) is 5.41 Å². The van der Waals surface area contributed by atoms with Crippen LogP contribution in [-0.4, -0.2) is 12.5 Å². The van der Waals surface area contributed by atoms with E-state index in [1.54, 1.807) is 0 Å². The van der Waals surface area contributed by atoms with Crippen molar-refractivity contribution in [2.75, 3.05) is 11.4 Å². The number of carbonyl (C=O) groups is 1. The molecule has 0 spiro atoms. The summed E-state index contributed by atoms with van der Waals surface area (Å²) < 4.78 is 0. The molecule has 3 rings (SSSR count). The van der Waals surface area contributed by atoms with Crippen molar-refractivity contribution < 1.29 is 4.79 Å². The van der Waals surface area contributed by atoms with Gasteiger partial charge in [-0.3, -0.25) is 4.79 Å². The second-order valence-corrected chi connectivity index (χ2v) is 7.14. The van der Waals surface area contributed by atoms with Crippen LogP contribution in [-0.2, 0) is 10.2 Å². The molecule has 1 aromatic rings. The van der Waals surface area contributed by atoms with E-state index in [2.05, 4.69) is 0 Å². The maximum Gasteiger partial charge on any atom is 0.237 e. The van der Waals surface area contributed by atoms with E-state index in [4.69, 9.17) is 11.6 Å². The number of anilines is 1. The van der Waals surface area contributed by atoms with Gasteiger partial charge in [0.2, 0.25) is 5.91 Å². The molecule has 0 bridgehead atoms. The predicted octanol–water partition coefficient (Wildman–Crippen LogP) is 4.54. The van der Waals surface area contributed by atoms with Crippen LogP contribution in [0.3, 0.4) is 0 Å². The van der Waals surface area contributed by atoms with Crippen molar-refractivity contribution in [3.63, 3.8) is 0 Å². The normalized spacial score (nSPS) is 22.1. The van der Waals surface area contributed by atoms with Crippen LogP contribution in [0.1, 0.15) is 51.5 Å². The molecule has 20 heavy (non-hydrogen) atoms. The highest BCUT2D eigenvalue weighted by molar-refractivity contribution is 6.31. The first kappa shape index (κ1) is 13.9. The Morgan fingerprint density at radius 1 is 1.25 bits per heavy atom. The number of amides is 1. The minimum atomic E-state index is -0.422. The van der Waals surface area contributed by atoms with Gasteiger partial charge in [0.25, 0.3) is 0 Å². The summed E-state index contributed by atoms with van der Waals surface area (Å²) >= 11 is 6.13.